The maximum Gasteiger partial charge on any atom is 0.311 e. The molecule has 2 N–H and O–H groups in total. The molecule has 0 radical (unpaired) electrons. The molecule has 1 aliphatic heterocycles. The third-order valence-electron chi connectivity index (χ3n) is 4.16. The van der Waals surface area contributed by atoms with Crippen LogP contribution in [0.4, 0.5) is 0 Å². The van der Waals surface area contributed by atoms with Gasteiger partial charge in [-0.2, -0.15) is 0 Å². The van der Waals surface area contributed by atoms with Gasteiger partial charge in [-0.25, -0.2) is 4.98 Å². The fourth-order valence-corrected chi connectivity index (χ4v) is 2.49. The third kappa shape index (κ3) is 2.77. The Morgan fingerprint density at radius 3 is 2.52 bits per heavy atom. The molecule has 1 aromatic rings. The number of likely N-dealkylation sites (tertiary alicyclic amines) is 1. The second-order valence-electron chi connectivity index (χ2n) is 6.67. The van der Waals surface area contributed by atoms with Crippen molar-refractivity contribution in [1.29, 1.82) is 0 Å². The molecule has 0 bridgehead atoms. The lowest BCUT2D eigenvalue weighted by atomic mass is 9.84. The molecule has 0 aromatic carbocycles. The van der Waals surface area contributed by atoms with Crippen LogP contribution in [0.25, 0.3) is 0 Å². The van der Waals surface area contributed by atoms with Gasteiger partial charge in [0.05, 0.1) is 5.41 Å². The number of hydrogen-bond acceptors (Lipinski definition) is 4. The van der Waals surface area contributed by atoms with Gasteiger partial charge in [0.2, 0.25) is 5.82 Å². The van der Waals surface area contributed by atoms with E-state index in [1.165, 1.54) is 4.90 Å². The van der Waals surface area contributed by atoms with Crippen LogP contribution in [-0.2, 0) is 10.2 Å². The van der Waals surface area contributed by atoms with Crippen molar-refractivity contribution in [3.8, 4) is 0 Å². The number of aliphatic carboxylic acids is 1. The molecule has 1 unspecified atom stereocenters. The van der Waals surface area contributed by atoms with Crippen LogP contribution >= 0.6 is 0 Å². The molecule has 1 amide bonds. The summed E-state index contributed by atoms with van der Waals surface area (Å²) in [6.45, 7) is 8.42. The van der Waals surface area contributed by atoms with Gasteiger partial charge in [0, 0.05) is 18.5 Å². The Morgan fingerprint density at radius 2 is 2.10 bits per heavy atom. The van der Waals surface area contributed by atoms with Gasteiger partial charge < -0.3 is 10.0 Å². The zero-order valence-electron chi connectivity index (χ0n) is 12.9. The average molecular weight is 294 g/mol. The number of carboxylic acids is 1. The Balaban J connectivity index is 2.15. The van der Waals surface area contributed by atoms with Crippen LogP contribution in [-0.4, -0.2) is 50.2 Å². The van der Waals surface area contributed by atoms with Gasteiger partial charge in [0.15, 0.2) is 0 Å². The molecule has 2 heterocycles. The van der Waals surface area contributed by atoms with Crippen molar-refractivity contribution in [2.75, 3.05) is 13.1 Å². The number of carbonyl (C=O) groups excluding carboxylic acids is 1. The van der Waals surface area contributed by atoms with Crippen LogP contribution in [0, 0.1) is 5.41 Å². The summed E-state index contributed by atoms with van der Waals surface area (Å²) in [5.41, 5.74) is -1.05. The minimum atomic E-state index is -0.842. The van der Waals surface area contributed by atoms with E-state index in [4.69, 9.17) is 0 Å². The summed E-state index contributed by atoms with van der Waals surface area (Å²) in [7, 11) is 0. The van der Waals surface area contributed by atoms with E-state index in [0.717, 1.165) is 0 Å². The van der Waals surface area contributed by atoms with Gasteiger partial charge in [0.1, 0.15) is 5.82 Å². The lowest BCUT2D eigenvalue weighted by Crippen LogP contribution is -2.36. The molecule has 7 nitrogen and oxygen atoms in total. The summed E-state index contributed by atoms with van der Waals surface area (Å²) in [5, 5.41) is 16.1. The highest BCUT2D eigenvalue weighted by molar-refractivity contribution is 5.91. The Hall–Kier alpha value is -1.92. The number of carbonyl (C=O) groups is 2. The molecule has 116 valence electrons. The molecule has 2 rings (SSSR count). The summed E-state index contributed by atoms with van der Waals surface area (Å²) in [5.74, 6) is -0.397. The fourth-order valence-electron chi connectivity index (χ4n) is 2.49. The Bertz CT molecular complexity index is 561. The average Bonchev–Trinajstić information content (AvgIpc) is 3.05. The highest BCUT2D eigenvalue weighted by atomic mass is 16.4. The predicted octanol–water partition coefficient (Wildman–Crippen LogP) is 1.43. The smallest absolute Gasteiger partial charge is 0.311 e. The van der Waals surface area contributed by atoms with E-state index in [1.54, 1.807) is 0 Å². The lowest BCUT2D eigenvalue weighted by Gasteiger charge is -2.22. The minimum absolute atomic E-state index is 0.109. The molecule has 21 heavy (non-hydrogen) atoms. The monoisotopic (exact) mass is 294 g/mol. The molecule has 1 aliphatic rings. The van der Waals surface area contributed by atoms with E-state index in [2.05, 4.69) is 15.2 Å². The number of nitrogens with one attached hydrogen (secondary N) is 1. The Labute approximate surface area is 123 Å². The number of nitrogens with zero attached hydrogens (tertiary/aromatic N) is 3. The van der Waals surface area contributed by atoms with E-state index >= 15 is 0 Å². The molecule has 1 fully saturated rings. The molecule has 1 saturated heterocycles. The second kappa shape index (κ2) is 5.13. The van der Waals surface area contributed by atoms with Crippen molar-refractivity contribution in [3.63, 3.8) is 0 Å². The Kier molecular flexibility index (Phi) is 3.78. The molecule has 7 heteroatoms. The van der Waals surface area contributed by atoms with Crippen molar-refractivity contribution in [2.24, 2.45) is 5.41 Å². The maximum atomic E-state index is 12.4. The number of amides is 1. The summed E-state index contributed by atoms with van der Waals surface area (Å²) in [4.78, 5) is 29.6. The number of aromatic amines is 1. The van der Waals surface area contributed by atoms with E-state index in [0.29, 0.717) is 25.2 Å². The van der Waals surface area contributed by atoms with Crippen molar-refractivity contribution in [1.82, 2.24) is 20.1 Å². The predicted molar refractivity (Wildman–Crippen MR) is 76.0 cm³/mol. The first-order valence-corrected chi connectivity index (χ1v) is 7.15. The Morgan fingerprint density at radius 1 is 1.43 bits per heavy atom. The fraction of sp³-hybridized carbons (Fsp3) is 0.714. The van der Waals surface area contributed by atoms with Gasteiger partial charge in [-0.3, -0.25) is 14.7 Å². The van der Waals surface area contributed by atoms with E-state index in [1.807, 2.05) is 27.7 Å². The summed E-state index contributed by atoms with van der Waals surface area (Å²) in [6, 6.07) is 0. The molecule has 0 aliphatic carbocycles. The number of aromatic nitrogens is 3. The molecular formula is C14H22N4O3. The van der Waals surface area contributed by atoms with Crippen molar-refractivity contribution in [3.05, 3.63) is 11.6 Å². The minimum Gasteiger partial charge on any atom is -0.481 e. The van der Waals surface area contributed by atoms with Crippen LogP contribution in [0.1, 0.15) is 57.0 Å². The zero-order chi connectivity index (χ0) is 15.8. The standard InChI is InChI=1S/C14H22N4O3/c1-5-14(12(20)21)6-7-18(8-14)10(19)9-15-11(17-16-9)13(2,3)4/h5-8H2,1-4H3,(H,20,21)(H,15,16,17). The summed E-state index contributed by atoms with van der Waals surface area (Å²) < 4.78 is 0. The van der Waals surface area contributed by atoms with Crippen LogP contribution in [0.15, 0.2) is 0 Å². The number of H-pyrrole nitrogens is 1. The SMILES string of the molecule is CCC1(C(=O)O)CCN(C(=O)c2n[nH]c(C(C)(C)C)n2)C1. The quantitative estimate of drug-likeness (QED) is 0.878. The largest absolute Gasteiger partial charge is 0.481 e. The first-order chi connectivity index (χ1) is 9.69. The van der Waals surface area contributed by atoms with Gasteiger partial charge in [-0.1, -0.05) is 27.7 Å². The van der Waals surface area contributed by atoms with Gasteiger partial charge in [-0.05, 0) is 12.8 Å². The van der Waals surface area contributed by atoms with Gasteiger partial charge in [-0.15, -0.1) is 5.10 Å². The van der Waals surface area contributed by atoms with E-state index < -0.39 is 11.4 Å². The summed E-state index contributed by atoms with van der Waals surface area (Å²) in [6.07, 6.45) is 0.981. The van der Waals surface area contributed by atoms with Crippen LogP contribution in [0.3, 0.4) is 0 Å². The normalized spacial score (nSPS) is 22.6. The lowest BCUT2D eigenvalue weighted by molar-refractivity contribution is -0.148. The number of hydrogen-bond donors (Lipinski definition) is 2. The topological polar surface area (TPSA) is 99.2 Å². The first kappa shape index (κ1) is 15.5. The van der Waals surface area contributed by atoms with E-state index in [9.17, 15) is 14.7 Å². The maximum absolute atomic E-state index is 12.4. The zero-order valence-corrected chi connectivity index (χ0v) is 12.9. The summed E-state index contributed by atoms with van der Waals surface area (Å²) >= 11 is 0. The molecule has 1 atom stereocenters. The third-order valence-corrected chi connectivity index (χ3v) is 4.16. The van der Waals surface area contributed by atoms with Crippen LogP contribution < -0.4 is 0 Å². The highest BCUT2D eigenvalue weighted by Crippen LogP contribution is 2.34. The molecule has 1 aromatic heterocycles. The van der Waals surface area contributed by atoms with Gasteiger partial charge >= 0.3 is 5.97 Å². The highest BCUT2D eigenvalue weighted by Gasteiger charge is 2.45. The number of carboxylic acid groups (broad SMARTS) is 1. The van der Waals surface area contributed by atoms with Crippen molar-refractivity contribution >= 4 is 11.9 Å². The second-order valence-corrected chi connectivity index (χ2v) is 6.67. The molecular weight excluding hydrogens is 272 g/mol. The van der Waals surface area contributed by atoms with Crippen LogP contribution in [0.2, 0.25) is 0 Å². The van der Waals surface area contributed by atoms with Gasteiger partial charge in [0.25, 0.3) is 5.91 Å². The van der Waals surface area contributed by atoms with Crippen molar-refractivity contribution in [2.45, 2.75) is 46.0 Å². The molecule has 0 saturated carbocycles. The van der Waals surface area contributed by atoms with Crippen LogP contribution in [0.5, 0.6) is 0 Å². The molecule has 0 spiro atoms. The van der Waals surface area contributed by atoms with E-state index in [-0.39, 0.29) is 23.7 Å². The first-order valence-electron chi connectivity index (χ1n) is 7.15. The van der Waals surface area contributed by atoms with Crippen molar-refractivity contribution < 1.29 is 14.7 Å². The number of rotatable bonds is 3.